The molecule has 0 saturated carbocycles. The van der Waals surface area contributed by atoms with Crippen molar-refractivity contribution in [2.24, 2.45) is 0 Å². The standard InChI is InChI=1S/C23H21NO4/c1-27-20-9-5-6-10-21(20)28-16-15-24-23(26)19-13-11-18(12-14-19)22(25)17-7-3-2-4-8-17/h2-14H,15-16H2,1H3,(H,24,26). The van der Waals surface area contributed by atoms with E-state index in [2.05, 4.69) is 5.32 Å². The third-order valence-electron chi connectivity index (χ3n) is 4.16. The largest absolute Gasteiger partial charge is 0.493 e. The normalized spacial score (nSPS) is 10.2. The lowest BCUT2D eigenvalue weighted by atomic mass is 10.0. The maximum Gasteiger partial charge on any atom is 0.251 e. The molecule has 0 aliphatic rings. The van der Waals surface area contributed by atoms with Gasteiger partial charge in [-0.1, -0.05) is 54.6 Å². The van der Waals surface area contributed by atoms with E-state index in [4.69, 9.17) is 9.47 Å². The Morgan fingerprint density at radius 2 is 1.32 bits per heavy atom. The Balaban J connectivity index is 1.51. The first kappa shape index (κ1) is 19.2. The predicted octanol–water partition coefficient (Wildman–Crippen LogP) is 3.74. The van der Waals surface area contributed by atoms with E-state index in [1.165, 1.54) is 0 Å². The van der Waals surface area contributed by atoms with Gasteiger partial charge in [0.15, 0.2) is 17.3 Å². The molecule has 0 radical (unpaired) electrons. The quantitative estimate of drug-likeness (QED) is 0.481. The molecule has 0 fully saturated rings. The summed E-state index contributed by atoms with van der Waals surface area (Å²) in [5, 5.41) is 2.80. The number of carbonyl (C=O) groups is 2. The number of amides is 1. The molecule has 0 atom stereocenters. The number of methoxy groups -OCH3 is 1. The van der Waals surface area contributed by atoms with Gasteiger partial charge in [-0.25, -0.2) is 0 Å². The van der Waals surface area contributed by atoms with Gasteiger partial charge >= 0.3 is 0 Å². The van der Waals surface area contributed by atoms with E-state index in [1.54, 1.807) is 43.5 Å². The highest BCUT2D eigenvalue weighted by Gasteiger charge is 2.10. The number of nitrogens with one attached hydrogen (secondary N) is 1. The van der Waals surface area contributed by atoms with Crippen LogP contribution in [0.5, 0.6) is 11.5 Å². The lowest BCUT2D eigenvalue weighted by Crippen LogP contribution is -2.28. The van der Waals surface area contributed by atoms with Crippen LogP contribution in [0.25, 0.3) is 0 Å². The van der Waals surface area contributed by atoms with Crippen LogP contribution in [-0.2, 0) is 0 Å². The highest BCUT2D eigenvalue weighted by atomic mass is 16.5. The van der Waals surface area contributed by atoms with E-state index in [0.717, 1.165) is 0 Å². The molecule has 0 bridgehead atoms. The number of ketones is 1. The molecule has 0 unspecified atom stereocenters. The van der Waals surface area contributed by atoms with Crippen LogP contribution in [-0.4, -0.2) is 32.0 Å². The molecular weight excluding hydrogens is 354 g/mol. The minimum atomic E-state index is -0.220. The van der Waals surface area contributed by atoms with Crippen molar-refractivity contribution >= 4 is 11.7 Å². The maximum atomic E-state index is 12.4. The molecule has 0 aromatic heterocycles. The summed E-state index contributed by atoms with van der Waals surface area (Å²) in [5.41, 5.74) is 1.65. The van der Waals surface area contributed by atoms with Gasteiger partial charge < -0.3 is 14.8 Å². The van der Waals surface area contributed by atoms with Crippen LogP contribution in [0.3, 0.4) is 0 Å². The smallest absolute Gasteiger partial charge is 0.251 e. The molecule has 5 heteroatoms. The van der Waals surface area contributed by atoms with Crippen molar-refractivity contribution in [3.63, 3.8) is 0 Å². The van der Waals surface area contributed by atoms with Crippen molar-refractivity contribution in [3.05, 3.63) is 95.6 Å². The van der Waals surface area contributed by atoms with E-state index in [1.807, 2.05) is 42.5 Å². The summed E-state index contributed by atoms with van der Waals surface area (Å²) >= 11 is 0. The third kappa shape index (κ3) is 4.76. The van der Waals surface area contributed by atoms with Crippen molar-refractivity contribution in [2.45, 2.75) is 0 Å². The van der Waals surface area contributed by atoms with Crippen molar-refractivity contribution in [1.82, 2.24) is 5.32 Å². The minimum absolute atomic E-state index is 0.0715. The third-order valence-corrected chi connectivity index (χ3v) is 4.16. The Labute approximate surface area is 163 Å². The van der Waals surface area contributed by atoms with Gasteiger partial charge in [-0.2, -0.15) is 0 Å². The molecule has 0 heterocycles. The first-order chi connectivity index (χ1) is 13.7. The van der Waals surface area contributed by atoms with Gasteiger partial charge in [-0.05, 0) is 24.3 Å². The van der Waals surface area contributed by atoms with E-state index >= 15 is 0 Å². The molecule has 3 rings (SSSR count). The number of rotatable bonds is 8. The lowest BCUT2D eigenvalue weighted by molar-refractivity contribution is 0.0945. The second kappa shape index (κ2) is 9.37. The van der Waals surface area contributed by atoms with Crippen molar-refractivity contribution < 1.29 is 19.1 Å². The van der Waals surface area contributed by atoms with Gasteiger partial charge in [0.2, 0.25) is 0 Å². The Hall–Kier alpha value is -3.60. The molecule has 0 aliphatic heterocycles. The Bertz CT molecular complexity index is 936. The van der Waals surface area contributed by atoms with E-state index in [0.29, 0.717) is 41.3 Å². The Morgan fingerprint density at radius 1 is 0.750 bits per heavy atom. The minimum Gasteiger partial charge on any atom is -0.493 e. The summed E-state index contributed by atoms with van der Waals surface area (Å²) < 4.78 is 10.8. The fraction of sp³-hybridized carbons (Fsp3) is 0.130. The second-order valence-electron chi connectivity index (χ2n) is 6.03. The van der Waals surface area contributed by atoms with Crippen LogP contribution < -0.4 is 14.8 Å². The zero-order valence-corrected chi connectivity index (χ0v) is 15.6. The molecule has 0 saturated heterocycles. The molecule has 142 valence electrons. The van der Waals surface area contributed by atoms with E-state index in [-0.39, 0.29) is 11.7 Å². The first-order valence-electron chi connectivity index (χ1n) is 8.93. The number of ether oxygens (including phenoxy) is 2. The predicted molar refractivity (Wildman–Crippen MR) is 107 cm³/mol. The second-order valence-corrected chi connectivity index (χ2v) is 6.03. The lowest BCUT2D eigenvalue weighted by Gasteiger charge is -2.11. The van der Waals surface area contributed by atoms with Crippen molar-refractivity contribution in [1.29, 1.82) is 0 Å². The summed E-state index contributed by atoms with van der Waals surface area (Å²) in [6.45, 7) is 0.665. The Kier molecular flexibility index (Phi) is 6.41. The molecule has 3 aromatic rings. The topological polar surface area (TPSA) is 64.6 Å². The van der Waals surface area contributed by atoms with Crippen molar-refractivity contribution in [2.75, 3.05) is 20.3 Å². The fourth-order valence-corrected chi connectivity index (χ4v) is 2.69. The average molecular weight is 375 g/mol. The number of hydrogen-bond acceptors (Lipinski definition) is 4. The molecule has 0 spiro atoms. The van der Waals surface area contributed by atoms with Crippen LogP contribution >= 0.6 is 0 Å². The first-order valence-corrected chi connectivity index (χ1v) is 8.93. The van der Waals surface area contributed by atoms with Gasteiger partial charge in [-0.15, -0.1) is 0 Å². The van der Waals surface area contributed by atoms with Gasteiger partial charge in [-0.3, -0.25) is 9.59 Å². The molecule has 1 amide bonds. The molecule has 1 N–H and O–H groups in total. The average Bonchev–Trinajstić information content (AvgIpc) is 2.77. The highest BCUT2D eigenvalue weighted by molar-refractivity contribution is 6.09. The summed E-state index contributed by atoms with van der Waals surface area (Å²) in [4.78, 5) is 24.7. The van der Waals surface area contributed by atoms with Crippen LogP contribution in [0.1, 0.15) is 26.3 Å². The Morgan fingerprint density at radius 3 is 2.00 bits per heavy atom. The van der Waals surface area contributed by atoms with Crippen LogP contribution in [0, 0.1) is 0 Å². The molecular formula is C23H21NO4. The molecule has 28 heavy (non-hydrogen) atoms. The van der Waals surface area contributed by atoms with Crippen LogP contribution in [0.4, 0.5) is 0 Å². The van der Waals surface area contributed by atoms with Gasteiger partial charge in [0.1, 0.15) is 6.61 Å². The fourth-order valence-electron chi connectivity index (χ4n) is 2.69. The number of carbonyl (C=O) groups excluding carboxylic acids is 2. The summed E-state index contributed by atoms with van der Waals surface area (Å²) in [6.07, 6.45) is 0. The van der Waals surface area contributed by atoms with E-state index in [9.17, 15) is 9.59 Å². The van der Waals surface area contributed by atoms with Crippen molar-refractivity contribution in [3.8, 4) is 11.5 Å². The SMILES string of the molecule is COc1ccccc1OCCNC(=O)c1ccc(C(=O)c2ccccc2)cc1. The summed E-state index contributed by atoms with van der Waals surface area (Å²) in [5.74, 6) is 0.982. The zero-order valence-electron chi connectivity index (χ0n) is 15.6. The zero-order chi connectivity index (χ0) is 19.8. The van der Waals surface area contributed by atoms with Gasteiger partial charge in [0.25, 0.3) is 5.91 Å². The number of para-hydroxylation sites is 2. The number of hydrogen-bond donors (Lipinski definition) is 1. The summed E-state index contributed by atoms with van der Waals surface area (Å²) in [6, 6.07) is 23.0. The molecule has 5 nitrogen and oxygen atoms in total. The summed E-state index contributed by atoms with van der Waals surface area (Å²) in [7, 11) is 1.58. The maximum absolute atomic E-state index is 12.4. The van der Waals surface area contributed by atoms with E-state index < -0.39 is 0 Å². The van der Waals surface area contributed by atoms with Crippen LogP contribution in [0.15, 0.2) is 78.9 Å². The molecule has 3 aromatic carbocycles. The number of benzene rings is 3. The van der Waals surface area contributed by atoms with Crippen LogP contribution in [0.2, 0.25) is 0 Å². The van der Waals surface area contributed by atoms with Gasteiger partial charge in [0, 0.05) is 16.7 Å². The monoisotopic (exact) mass is 375 g/mol. The highest BCUT2D eigenvalue weighted by Crippen LogP contribution is 2.25. The molecule has 0 aliphatic carbocycles. The van der Waals surface area contributed by atoms with Gasteiger partial charge in [0.05, 0.1) is 13.7 Å².